The number of hydrogen-bond donors (Lipinski definition) is 1. The highest BCUT2D eigenvalue weighted by Crippen LogP contribution is 2.36. The lowest BCUT2D eigenvalue weighted by atomic mass is 10.2. The van der Waals surface area contributed by atoms with Gasteiger partial charge in [0.1, 0.15) is 8.78 Å². The predicted octanol–water partition coefficient (Wildman–Crippen LogP) is 3.56. The largest absolute Gasteiger partial charge is 0.367 e. The molecule has 1 aliphatic heterocycles. The van der Waals surface area contributed by atoms with E-state index in [4.69, 9.17) is 0 Å². The molecule has 88 valence electrons. The summed E-state index contributed by atoms with van der Waals surface area (Å²) in [6, 6.07) is 9.89. The van der Waals surface area contributed by atoms with Crippen LogP contribution in [0.1, 0.15) is 5.56 Å². The Morgan fingerprint density at radius 3 is 2.44 bits per heavy atom. The molecule has 1 aliphatic rings. The molecule has 16 heavy (non-hydrogen) atoms. The van der Waals surface area contributed by atoms with E-state index < -0.39 is 5.72 Å². The van der Waals surface area contributed by atoms with E-state index in [1.165, 1.54) is 0 Å². The molecule has 0 aliphatic carbocycles. The van der Waals surface area contributed by atoms with Crippen LogP contribution in [-0.4, -0.2) is 25.4 Å². The molecule has 6 heteroatoms. The van der Waals surface area contributed by atoms with Crippen molar-refractivity contribution in [3.63, 3.8) is 0 Å². The number of benzene rings is 1. The lowest BCUT2D eigenvalue weighted by molar-refractivity contribution is 0.0989. The Balaban J connectivity index is 0.00000128. The zero-order valence-corrected chi connectivity index (χ0v) is 13.8. The van der Waals surface area contributed by atoms with Crippen molar-refractivity contribution in [2.75, 3.05) is 5.75 Å². The summed E-state index contributed by atoms with van der Waals surface area (Å²) in [6.07, 6.45) is 0. The molecule has 0 radical (unpaired) electrons. The minimum absolute atomic E-state index is 0. The maximum Gasteiger partial charge on any atom is 0.189 e. The van der Waals surface area contributed by atoms with E-state index in [9.17, 15) is 5.11 Å². The first kappa shape index (κ1) is 14.7. The van der Waals surface area contributed by atoms with E-state index in [2.05, 4.69) is 36.9 Å². The van der Waals surface area contributed by atoms with Gasteiger partial charge >= 0.3 is 0 Å². The smallest absolute Gasteiger partial charge is 0.189 e. The Morgan fingerprint density at radius 1 is 1.31 bits per heavy atom. The summed E-state index contributed by atoms with van der Waals surface area (Å²) in [4.78, 5) is 4.33. The van der Waals surface area contributed by atoms with Crippen molar-refractivity contribution >= 4 is 65.6 Å². The van der Waals surface area contributed by atoms with Crippen LogP contribution in [0.4, 0.5) is 0 Å². The van der Waals surface area contributed by atoms with Crippen LogP contribution in [0.2, 0.25) is 0 Å². The maximum absolute atomic E-state index is 10.1. The normalized spacial score (nSPS) is 24.1. The number of alkyl halides is 2. The van der Waals surface area contributed by atoms with E-state index >= 15 is 0 Å². The summed E-state index contributed by atoms with van der Waals surface area (Å²) in [5.41, 5.74) is 0.00891. The van der Waals surface area contributed by atoms with Gasteiger partial charge in [-0.15, -0.1) is 28.7 Å². The molecule has 1 aromatic rings. The summed E-state index contributed by atoms with van der Waals surface area (Å²) in [6.45, 7) is 0. The fourth-order valence-electron chi connectivity index (χ4n) is 1.26. The van der Waals surface area contributed by atoms with Crippen LogP contribution in [0.3, 0.4) is 0 Å². The first-order valence-electron chi connectivity index (χ1n) is 4.40. The molecule has 1 unspecified atom stereocenters. The molecule has 0 saturated carbocycles. The van der Waals surface area contributed by atoms with E-state index in [1.807, 2.05) is 30.3 Å². The number of aliphatic imine (C=N–C) groups is 1. The zero-order valence-electron chi connectivity index (χ0n) is 8.14. The van der Waals surface area contributed by atoms with Crippen molar-refractivity contribution in [2.45, 2.75) is 9.46 Å². The molecule has 0 spiro atoms. The van der Waals surface area contributed by atoms with E-state index in [1.54, 1.807) is 11.8 Å². The third-order valence-electron chi connectivity index (χ3n) is 2.09. The van der Waals surface area contributed by atoms with Crippen molar-refractivity contribution < 1.29 is 5.11 Å². The fourth-order valence-corrected chi connectivity index (χ4v) is 3.32. The minimum Gasteiger partial charge on any atom is -0.367 e. The molecule has 0 bridgehead atoms. The van der Waals surface area contributed by atoms with Crippen molar-refractivity contribution in [2.24, 2.45) is 4.99 Å². The topological polar surface area (TPSA) is 32.6 Å². The Hall–Kier alpha value is 0.640. The number of nitrogens with zero attached hydrogens (tertiary/aromatic N) is 1. The van der Waals surface area contributed by atoms with Gasteiger partial charge in [-0.3, -0.25) is 0 Å². The monoisotopic (exact) mass is 429 g/mol. The van der Waals surface area contributed by atoms with Gasteiger partial charge in [-0.05, 0) is 0 Å². The average Bonchev–Trinajstić information content (AvgIpc) is 2.64. The number of hydrogen-bond acceptors (Lipinski definition) is 3. The summed E-state index contributed by atoms with van der Waals surface area (Å²) in [5, 5.41) is 11.0. The second-order valence-electron chi connectivity index (χ2n) is 3.25. The van der Waals surface area contributed by atoms with Crippen LogP contribution in [0.25, 0.3) is 0 Å². The van der Waals surface area contributed by atoms with Gasteiger partial charge < -0.3 is 5.11 Å². The van der Waals surface area contributed by atoms with Crippen LogP contribution in [-0.2, 0) is 0 Å². The highest BCUT2D eigenvalue weighted by Gasteiger charge is 2.38. The molecule has 0 fully saturated rings. The Bertz CT molecular complexity index is 385. The van der Waals surface area contributed by atoms with E-state index in [0.717, 1.165) is 10.6 Å². The molecular formula is C10H10Br3NOS. The van der Waals surface area contributed by atoms with Crippen LogP contribution in [0, 0.1) is 0 Å². The fraction of sp³-hybridized carbons (Fsp3) is 0.300. The molecule has 1 atom stereocenters. The second-order valence-corrected chi connectivity index (χ2v) is 7.28. The second kappa shape index (κ2) is 6.00. The van der Waals surface area contributed by atoms with Crippen LogP contribution >= 0.6 is 60.6 Å². The van der Waals surface area contributed by atoms with E-state index in [-0.39, 0.29) is 20.7 Å². The van der Waals surface area contributed by atoms with Crippen LogP contribution in [0.15, 0.2) is 35.3 Å². The van der Waals surface area contributed by atoms with Gasteiger partial charge in [-0.1, -0.05) is 62.2 Å². The summed E-state index contributed by atoms with van der Waals surface area (Å²) in [5.74, 6) is 0.568. The SMILES string of the molecule is Br.OC1(C(Br)Br)CSC(c2ccccc2)=N1. The van der Waals surface area contributed by atoms with Gasteiger partial charge in [-0.25, -0.2) is 4.99 Å². The molecular weight excluding hydrogens is 422 g/mol. The third kappa shape index (κ3) is 3.10. The number of halogens is 3. The lowest BCUT2D eigenvalue weighted by Crippen LogP contribution is -2.33. The summed E-state index contributed by atoms with van der Waals surface area (Å²) < 4.78 is -0.216. The number of thioether (sulfide) groups is 1. The molecule has 2 rings (SSSR count). The van der Waals surface area contributed by atoms with Crippen molar-refractivity contribution in [1.82, 2.24) is 0 Å². The van der Waals surface area contributed by atoms with Crippen molar-refractivity contribution in [3.05, 3.63) is 35.9 Å². The molecule has 1 aromatic carbocycles. The maximum atomic E-state index is 10.1. The Morgan fingerprint density at radius 2 is 1.94 bits per heavy atom. The summed E-state index contributed by atoms with van der Waals surface area (Å²) >= 11 is 8.18. The third-order valence-corrected chi connectivity index (χ3v) is 4.72. The van der Waals surface area contributed by atoms with Gasteiger partial charge in [0.15, 0.2) is 5.72 Å². The Kier molecular flexibility index (Phi) is 5.51. The van der Waals surface area contributed by atoms with Crippen LogP contribution in [0.5, 0.6) is 0 Å². The average molecular weight is 432 g/mol. The first-order chi connectivity index (χ1) is 7.12. The zero-order chi connectivity index (χ0) is 10.9. The van der Waals surface area contributed by atoms with Gasteiger partial charge in [0.25, 0.3) is 0 Å². The number of aliphatic hydroxyl groups is 1. The van der Waals surface area contributed by atoms with Gasteiger partial charge in [0.05, 0.1) is 5.75 Å². The lowest BCUT2D eigenvalue weighted by Gasteiger charge is -2.19. The first-order valence-corrected chi connectivity index (χ1v) is 7.22. The predicted molar refractivity (Wildman–Crippen MR) is 82.4 cm³/mol. The molecule has 1 N–H and O–H groups in total. The quantitative estimate of drug-likeness (QED) is 0.726. The summed E-state index contributed by atoms with van der Waals surface area (Å²) in [7, 11) is 0. The Labute approximate surface area is 126 Å². The molecule has 1 heterocycles. The standard InChI is InChI=1S/C10H9Br2NOS.BrH/c11-9(12)10(14)6-15-8(13-10)7-4-2-1-3-5-7;/h1-5,9,14H,6H2;1H. The highest BCUT2D eigenvalue weighted by atomic mass is 79.9. The van der Waals surface area contributed by atoms with Gasteiger partial charge in [-0.2, -0.15) is 0 Å². The van der Waals surface area contributed by atoms with Crippen molar-refractivity contribution in [1.29, 1.82) is 0 Å². The van der Waals surface area contributed by atoms with Gasteiger partial charge in [0.2, 0.25) is 0 Å². The molecule has 2 nitrogen and oxygen atoms in total. The molecule has 0 amide bonds. The minimum atomic E-state index is -1.05. The highest BCUT2D eigenvalue weighted by molar-refractivity contribution is 9.24. The molecule has 0 aromatic heterocycles. The van der Waals surface area contributed by atoms with Crippen LogP contribution < -0.4 is 0 Å². The van der Waals surface area contributed by atoms with Crippen molar-refractivity contribution in [3.8, 4) is 0 Å². The van der Waals surface area contributed by atoms with E-state index in [0.29, 0.717) is 5.75 Å². The van der Waals surface area contributed by atoms with Gasteiger partial charge in [0, 0.05) is 5.56 Å². The number of rotatable bonds is 2. The molecule has 0 saturated heterocycles.